The smallest absolute Gasteiger partial charge is 0.338 e. The number of amides is 2. The van der Waals surface area contributed by atoms with Crippen LogP contribution in [0.1, 0.15) is 42.9 Å². The van der Waals surface area contributed by atoms with Crippen molar-refractivity contribution in [1.29, 1.82) is 0 Å². The Hall–Kier alpha value is -4.51. The van der Waals surface area contributed by atoms with Crippen molar-refractivity contribution in [2.75, 3.05) is 44.2 Å². The Labute approximate surface area is 322 Å². The molecule has 2 unspecified atom stereocenters. The summed E-state index contributed by atoms with van der Waals surface area (Å²) in [6.45, 7) is 7.77. The summed E-state index contributed by atoms with van der Waals surface area (Å²) in [5.74, 6) is -1.27. The number of aliphatic imine (C=N–C) groups is 1. The highest BCUT2D eigenvalue weighted by Gasteiger charge is 2.43. The van der Waals surface area contributed by atoms with E-state index in [0.717, 1.165) is 16.8 Å². The molecule has 3 aliphatic heterocycles. The number of nitrogens with one attached hydrogen (secondary N) is 1. The number of rotatable bonds is 11. The van der Waals surface area contributed by atoms with E-state index in [-0.39, 0.29) is 18.7 Å². The van der Waals surface area contributed by atoms with Gasteiger partial charge >= 0.3 is 18.0 Å². The van der Waals surface area contributed by atoms with E-state index in [4.69, 9.17) is 14.7 Å². The molecule has 0 aliphatic carbocycles. The minimum Gasteiger partial charge on any atom is -0.481 e. The number of nitrogens with zero attached hydrogens (tertiary/aromatic N) is 6. The Bertz CT molecular complexity index is 2100. The molecule has 16 heteroatoms. The molecular weight excluding hydrogens is 785 g/mol. The third kappa shape index (κ3) is 7.63. The monoisotopic (exact) mass is 821 g/mol. The van der Waals surface area contributed by atoms with Crippen molar-refractivity contribution >= 4 is 67.5 Å². The summed E-state index contributed by atoms with van der Waals surface area (Å²) in [5, 5.41) is 17.9. The fraction of sp³-hybridized carbons (Fsp3) is 0.351. The standard InChI is InChI=1S/C37H37BrFN7O5S2/c1-4-51-33(47)29-27(41-31(32-40-11-14-52-32)43-30(29)25-10-9-23(39)15-26(25)38)19-44-12-13-45-24(17-44)18-46(36(45)50)35-42-28(20-53-35)22-7-5-21(6-8-22)16-37(2,3)34(48)49/h5-11,14-15,20,24,30H,4,12-13,16-19H2,1-3H3,(H,41,43)(H,48,49). The molecule has 4 aromatic rings. The Morgan fingerprint density at radius 2 is 1.92 bits per heavy atom. The van der Waals surface area contributed by atoms with E-state index < -0.39 is 29.2 Å². The number of carboxylic acids is 1. The van der Waals surface area contributed by atoms with Gasteiger partial charge in [0.1, 0.15) is 11.9 Å². The zero-order chi connectivity index (χ0) is 37.4. The number of anilines is 1. The minimum atomic E-state index is -0.872. The Morgan fingerprint density at radius 1 is 1.13 bits per heavy atom. The van der Waals surface area contributed by atoms with Gasteiger partial charge in [0, 0.05) is 58.9 Å². The molecular formula is C37H37BrFN7O5S2. The van der Waals surface area contributed by atoms with Crippen LogP contribution in [0.15, 0.2) is 80.2 Å². The van der Waals surface area contributed by atoms with Crippen LogP contribution < -0.4 is 10.2 Å². The van der Waals surface area contributed by atoms with Crippen molar-refractivity contribution in [2.24, 2.45) is 10.4 Å². The second kappa shape index (κ2) is 15.1. The maximum Gasteiger partial charge on any atom is 0.338 e. The van der Waals surface area contributed by atoms with Gasteiger partial charge in [-0.2, -0.15) is 0 Å². The number of carbonyl (C=O) groups excluding carboxylic acids is 2. The van der Waals surface area contributed by atoms with Crippen LogP contribution in [0.5, 0.6) is 0 Å². The van der Waals surface area contributed by atoms with Crippen LogP contribution in [0.2, 0.25) is 0 Å². The number of carbonyl (C=O) groups is 3. The van der Waals surface area contributed by atoms with Gasteiger partial charge in [0.2, 0.25) is 0 Å². The van der Waals surface area contributed by atoms with Gasteiger partial charge in [0.15, 0.2) is 16.0 Å². The molecule has 2 N–H and O–H groups in total. The van der Waals surface area contributed by atoms with E-state index in [1.54, 1.807) is 37.9 Å². The molecule has 276 valence electrons. The highest BCUT2D eigenvalue weighted by Crippen LogP contribution is 2.38. The SMILES string of the molecule is CCOC(=O)C1=C(CN2CCN3C(=O)N(c4nc(-c5ccc(CC(C)(C)C(=O)O)cc5)cs4)CC3C2)NC(c2nccs2)=NC1c1ccc(F)cc1Br. The van der Waals surface area contributed by atoms with Crippen LogP contribution in [-0.4, -0.2) is 94.1 Å². The lowest BCUT2D eigenvalue weighted by atomic mass is 9.86. The lowest BCUT2D eigenvalue weighted by Crippen LogP contribution is -2.53. The first-order valence-corrected chi connectivity index (χ1v) is 19.7. The van der Waals surface area contributed by atoms with E-state index in [9.17, 15) is 23.9 Å². The summed E-state index contributed by atoms with van der Waals surface area (Å²) < 4.78 is 20.2. The number of amidine groups is 1. The van der Waals surface area contributed by atoms with E-state index in [1.165, 1.54) is 34.8 Å². The van der Waals surface area contributed by atoms with Gasteiger partial charge in [-0.1, -0.05) is 46.3 Å². The van der Waals surface area contributed by atoms with Gasteiger partial charge in [-0.25, -0.2) is 23.9 Å². The van der Waals surface area contributed by atoms with Gasteiger partial charge in [-0.15, -0.1) is 22.7 Å². The Balaban J connectivity index is 1.10. The maximum absolute atomic E-state index is 14.2. The number of hydrogen-bond acceptors (Lipinski definition) is 11. The highest BCUT2D eigenvalue weighted by atomic mass is 79.9. The number of piperazine rings is 1. The maximum atomic E-state index is 14.2. The number of urea groups is 1. The van der Waals surface area contributed by atoms with Crippen molar-refractivity contribution < 1.29 is 28.6 Å². The normalized spacial score (nSPS) is 19.3. The number of benzene rings is 2. The second-order valence-corrected chi connectivity index (χ2v) is 16.3. The summed E-state index contributed by atoms with van der Waals surface area (Å²) in [5.41, 5.74) is 3.24. The average molecular weight is 823 g/mol. The van der Waals surface area contributed by atoms with Gasteiger partial charge in [-0.05, 0) is 50.5 Å². The molecule has 0 spiro atoms. The van der Waals surface area contributed by atoms with E-state index in [2.05, 4.69) is 31.1 Å². The van der Waals surface area contributed by atoms with Crippen molar-refractivity contribution in [2.45, 2.75) is 39.3 Å². The molecule has 2 amide bonds. The summed E-state index contributed by atoms with van der Waals surface area (Å²) in [6, 6.07) is 11.0. The second-order valence-electron chi connectivity index (χ2n) is 13.7. The number of halogens is 2. The van der Waals surface area contributed by atoms with Gasteiger partial charge in [0.25, 0.3) is 0 Å². The molecule has 2 aromatic heterocycles. The largest absolute Gasteiger partial charge is 0.481 e. The van der Waals surface area contributed by atoms with Crippen molar-refractivity contribution in [3.8, 4) is 11.3 Å². The first-order chi connectivity index (χ1) is 25.4. The number of aromatic nitrogens is 2. The third-order valence-electron chi connectivity index (χ3n) is 9.53. The van der Waals surface area contributed by atoms with Crippen LogP contribution in [0, 0.1) is 11.2 Å². The highest BCUT2D eigenvalue weighted by molar-refractivity contribution is 9.10. The predicted molar refractivity (Wildman–Crippen MR) is 205 cm³/mol. The van der Waals surface area contributed by atoms with Crippen molar-refractivity contribution in [3.63, 3.8) is 0 Å². The number of hydrogen-bond donors (Lipinski definition) is 2. The number of fused-ring (bicyclic) bond motifs is 1. The molecule has 53 heavy (non-hydrogen) atoms. The lowest BCUT2D eigenvalue weighted by Gasteiger charge is -2.38. The number of aliphatic carboxylic acids is 1. The molecule has 2 saturated heterocycles. The molecule has 12 nitrogen and oxygen atoms in total. The number of carboxylic acid groups (broad SMARTS) is 1. The quantitative estimate of drug-likeness (QED) is 0.166. The van der Waals surface area contributed by atoms with Crippen LogP contribution >= 0.6 is 38.6 Å². The third-order valence-corrected chi connectivity index (χ3v) is 11.9. The van der Waals surface area contributed by atoms with Crippen LogP contribution in [0.4, 0.5) is 14.3 Å². The van der Waals surface area contributed by atoms with Crippen LogP contribution in [0.25, 0.3) is 11.3 Å². The van der Waals surface area contributed by atoms with Crippen molar-refractivity contribution in [1.82, 2.24) is 25.1 Å². The van der Waals surface area contributed by atoms with Crippen molar-refractivity contribution in [3.05, 3.63) is 97.1 Å². The van der Waals surface area contributed by atoms with E-state index >= 15 is 0 Å². The van der Waals surface area contributed by atoms with E-state index in [1.807, 2.05) is 39.9 Å². The van der Waals surface area contributed by atoms with E-state index in [0.29, 0.717) is 76.4 Å². The Morgan fingerprint density at radius 3 is 2.62 bits per heavy atom. The molecule has 3 aliphatic rings. The molecule has 5 heterocycles. The first kappa shape index (κ1) is 36.8. The number of ether oxygens (including phenoxy) is 1. The lowest BCUT2D eigenvalue weighted by molar-refractivity contribution is -0.146. The molecule has 7 rings (SSSR count). The number of thiazole rings is 2. The Kier molecular flexibility index (Phi) is 10.5. The number of esters is 1. The predicted octanol–water partition coefficient (Wildman–Crippen LogP) is 6.36. The molecule has 0 bridgehead atoms. The molecule has 2 atom stereocenters. The first-order valence-electron chi connectivity index (χ1n) is 17.1. The topological polar surface area (TPSA) is 141 Å². The van der Waals surface area contributed by atoms with Gasteiger partial charge in [0.05, 0.1) is 35.9 Å². The summed E-state index contributed by atoms with van der Waals surface area (Å²) in [4.78, 5) is 58.9. The molecule has 0 radical (unpaired) electrons. The summed E-state index contributed by atoms with van der Waals surface area (Å²) >= 11 is 6.31. The fourth-order valence-corrected chi connectivity index (χ4v) is 8.76. The zero-order valence-corrected chi connectivity index (χ0v) is 32.4. The summed E-state index contributed by atoms with van der Waals surface area (Å²) in [7, 11) is 0. The minimum absolute atomic E-state index is 0.0940. The zero-order valence-electron chi connectivity index (χ0n) is 29.2. The van der Waals surface area contributed by atoms with Crippen LogP contribution in [-0.2, 0) is 20.7 Å². The summed E-state index contributed by atoms with van der Waals surface area (Å²) in [6.07, 6.45) is 2.10. The molecule has 2 fully saturated rings. The molecule has 2 aromatic carbocycles. The van der Waals surface area contributed by atoms with Crippen LogP contribution in [0.3, 0.4) is 0 Å². The average Bonchev–Trinajstić information content (AvgIpc) is 3.90. The van der Waals surface area contributed by atoms with Gasteiger partial charge in [-0.3, -0.25) is 19.6 Å². The van der Waals surface area contributed by atoms with Gasteiger partial charge < -0.3 is 20.1 Å². The molecule has 0 saturated carbocycles. The fourth-order valence-electron chi connectivity index (χ4n) is 6.77.